The number of fused-ring (bicyclic) bond motifs is 5. The number of hydrogen-bond donors (Lipinski definition) is 0. The predicted molar refractivity (Wildman–Crippen MR) is 86.8 cm³/mol. The second kappa shape index (κ2) is 4.77. The van der Waals surface area contributed by atoms with Crippen molar-refractivity contribution >= 4 is 0 Å². The summed E-state index contributed by atoms with van der Waals surface area (Å²) in [5.74, 6) is 5.20. The van der Waals surface area contributed by atoms with E-state index in [-0.39, 0.29) is 0 Å². The first-order valence-electron chi connectivity index (χ1n) is 9.30. The third-order valence-corrected chi connectivity index (χ3v) is 8.33. The number of methoxy groups -OCH3 is 1. The Balaban J connectivity index is 1.63. The van der Waals surface area contributed by atoms with Crippen molar-refractivity contribution in [3.8, 4) is 0 Å². The Morgan fingerprint density at radius 2 is 1.90 bits per heavy atom. The molecule has 0 aromatic heterocycles. The molecule has 0 heterocycles. The molecular weight excluding hydrogens is 256 g/mol. The summed E-state index contributed by atoms with van der Waals surface area (Å²) in [6.07, 6.45) is 15.4. The molecule has 0 spiro atoms. The largest absolute Gasteiger partial charge is 0.501 e. The zero-order valence-corrected chi connectivity index (χ0v) is 14.2. The molecule has 118 valence electrons. The SMILES string of the molecule is COC1=CCC2(C)C(CCC3C4CCCC4(C)CCC32)C1. The number of hydrogen-bond acceptors (Lipinski definition) is 1. The van der Waals surface area contributed by atoms with Gasteiger partial charge in [-0.2, -0.15) is 0 Å². The van der Waals surface area contributed by atoms with Crippen LogP contribution in [0.5, 0.6) is 0 Å². The molecule has 0 bridgehead atoms. The zero-order chi connectivity index (χ0) is 14.7. The van der Waals surface area contributed by atoms with E-state index in [0.29, 0.717) is 10.8 Å². The molecule has 0 amide bonds. The molecule has 0 aromatic carbocycles. The summed E-state index contributed by atoms with van der Waals surface area (Å²) >= 11 is 0. The molecule has 0 aliphatic heterocycles. The first-order chi connectivity index (χ1) is 10.1. The van der Waals surface area contributed by atoms with Crippen LogP contribution in [0, 0.1) is 34.5 Å². The maximum atomic E-state index is 5.57. The van der Waals surface area contributed by atoms with Gasteiger partial charge >= 0.3 is 0 Å². The summed E-state index contributed by atoms with van der Waals surface area (Å²) in [6, 6.07) is 0. The van der Waals surface area contributed by atoms with Gasteiger partial charge in [0.25, 0.3) is 0 Å². The quantitative estimate of drug-likeness (QED) is 0.614. The van der Waals surface area contributed by atoms with E-state index < -0.39 is 0 Å². The molecule has 3 fully saturated rings. The van der Waals surface area contributed by atoms with Crippen LogP contribution >= 0.6 is 0 Å². The normalized spacial score (nSPS) is 52.4. The zero-order valence-electron chi connectivity index (χ0n) is 14.2. The van der Waals surface area contributed by atoms with Gasteiger partial charge in [0.15, 0.2) is 0 Å². The van der Waals surface area contributed by atoms with Crippen LogP contribution in [-0.2, 0) is 4.74 Å². The van der Waals surface area contributed by atoms with E-state index in [9.17, 15) is 0 Å². The van der Waals surface area contributed by atoms with E-state index >= 15 is 0 Å². The molecule has 0 aromatic rings. The molecule has 1 heteroatoms. The monoisotopic (exact) mass is 288 g/mol. The Kier molecular flexibility index (Phi) is 3.21. The minimum Gasteiger partial charge on any atom is -0.501 e. The maximum Gasteiger partial charge on any atom is 0.0918 e. The second-order valence-electron chi connectivity index (χ2n) is 9.02. The summed E-state index contributed by atoms with van der Waals surface area (Å²) in [7, 11) is 1.85. The lowest BCUT2D eigenvalue weighted by atomic mass is 9.46. The second-order valence-corrected chi connectivity index (χ2v) is 9.02. The smallest absolute Gasteiger partial charge is 0.0918 e. The van der Waals surface area contributed by atoms with Gasteiger partial charge < -0.3 is 4.74 Å². The molecule has 1 nitrogen and oxygen atoms in total. The van der Waals surface area contributed by atoms with Gasteiger partial charge in [-0.05, 0) is 85.5 Å². The maximum absolute atomic E-state index is 5.57. The molecular formula is C20H32O. The number of rotatable bonds is 1. The summed E-state index contributed by atoms with van der Waals surface area (Å²) in [5.41, 5.74) is 1.27. The van der Waals surface area contributed by atoms with Crippen molar-refractivity contribution in [1.82, 2.24) is 0 Å². The van der Waals surface area contributed by atoms with E-state index in [0.717, 1.165) is 23.7 Å². The van der Waals surface area contributed by atoms with Gasteiger partial charge in [0, 0.05) is 6.42 Å². The van der Waals surface area contributed by atoms with Crippen molar-refractivity contribution < 1.29 is 4.74 Å². The third kappa shape index (κ3) is 1.95. The lowest BCUT2D eigenvalue weighted by Crippen LogP contribution is -2.51. The summed E-state index contributed by atoms with van der Waals surface area (Å²) in [6.45, 7) is 5.23. The van der Waals surface area contributed by atoms with E-state index in [1.54, 1.807) is 0 Å². The fourth-order valence-corrected chi connectivity index (χ4v) is 7.01. The summed E-state index contributed by atoms with van der Waals surface area (Å²) < 4.78 is 5.57. The van der Waals surface area contributed by atoms with E-state index in [4.69, 9.17) is 4.74 Å². The van der Waals surface area contributed by atoms with Crippen molar-refractivity contribution in [3.63, 3.8) is 0 Å². The van der Waals surface area contributed by atoms with Crippen LogP contribution in [0.15, 0.2) is 11.8 Å². The van der Waals surface area contributed by atoms with Gasteiger partial charge in [0.2, 0.25) is 0 Å². The van der Waals surface area contributed by atoms with Gasteiger partial charge in [-0.1, -0.05) is 20.3 Å². The average molecular weight is 288 g/mol. The topological polar surface area (TPSA) is 9.23 Å². The minimum absolute atomic E-state index is 0.564. The van der Waals surface area contributed by atoms with Crippen LogP contribution in [0.1, 0.15) is 71.6 Å². The van der Waals surface area contributed by atoms with Crippen LogP contribution in [-0.4, -0.2) is 7.11 Å². The van der Waals surface area contributed by atoms with Crippen molar-refractivity contribution in [2.75, 3.05) is 7.11 Å². The van der Waals surface area contributed by atoms with E-state index in [1.807, 2.05) is 7.11 Å². The van der Waals surface area contributed by atoms with Crippen molar-refractivity contribution in [2.24, 2.45) is 34.5 Å². The lowest BCUT2D eigenvalue weighted by Gasteiger charge is -2.59. The molecule has 4 aliphatic rings. The molecule has 0 saturated heterocycles. The minimum atomic E-state index is 0.564. The fourth-order valence-electron chi connectivity index (χ4n) is 7.01. The highest BCUT2D eigenvalue weighted by Gasteiger charge is 2.57. The molecule has 4 aliphatic carbocycles. The number of allylic oxidation sites excluding steroid dienone is 2. The van der Waals surface area contributed by atoms with Gasteiger partial charge in [0.1, 0.15) is 0 Å². The van der Waals surface area contributed by atoms with E-state index in [1.165, 1.54) is 63.5 Å². The lowest BCUT2D eigenvalue weighted by molar-refractivity contribution is -0.0916. The van der Waals surface area contributed by atoms with Crippen molar-refractivity contribution in [3.05, 3.63) is 11.8 Å². The highest BCUT2D eigenvalue weighted by atomic mass is 16.5. The fraction of sp³-hybridized carbons (Fsp3) is 0.900. The Morgan fingerprint density at radius 1 is 1.05 bits per heavy atom. The van der Waals surface area contributed by atoms with Crippen LogP contribution in [0.3, 0.4) is 0 Å². The Hall–Kier alpha value is -0.460. The van der Waals surface area contributed by atoms with Crippen molar-refractivity contribution in [1.29, 1.82) is 0 Å². The molecule has 0 N–H and O–H groups in total. The molecule has 6 unspecified atom stereocenters. The third-order valence-electron chi connectivity index (χ3n) is 8.33. The molecule has 4 rings (SSSR count). The Labute approximate surface area is 130 Å². The average Bonchev–Trinajstić information content (AvgIpc) is 2.88. The first-order valence-corrected chi connectivity index (χ1v) is 9.30. The van der Waals surface area contributed by atoms with Gasteiger partial charge in [-0.15, -0.1) is 0 Å². The van der Waals surface area contributed by atoms with Gasteiger partial charge in [-0.25, -0.2) is 0 Å². The van der Waals surface area contributed by atoms with E-state index in [2.05, 4.69) is 19.9 Å². The Bertz CT molecular complexity index is 453. The van der Waals surface area contributed by atoms with Crippen LogP contribution in [0.25, 0.3) is 0 Å². The summed E-state index contributed by atoms with van der Waals surface area (Å²) in [4.78, 5) is 0. The highest BCUT2D eigenvalue weighted by molar-refractivity contribution is 5.13. The number of ether oxygens (including phenoxy) is 1. The first kappa shape index (κ1) is 14.2. The van der Waals surface area contributed by atoms with Gasteiger partial charge in [-0.3, -0.25) is 0 Å². The predicted octanol–water partition coefficient (Wildman–Crippen LogP) is 5.56. The molecule has 21 heavy (non-hydrogen) atoms. The Morgan fingerprint density at radius 3 is 2.71 bits per heavy atom. The molecule has 6 atom stereocenters. The van der Waals surface area contributed by atoms with Crippen LogP contribution in [0.2, 0.25) is 0 Å². The molecule has 3 saturated carbocycles. The highest BCUT2D eigenvalue weighted by Crippen LogP contribution is 2.65. The van der Waals surface area contributed by atoms with Crippen molar-refractivity contribution in [2.45, 2.75) is 71.6 Å². The van der Waals surface area contributed by atoms with Gasteiger partial charge in [0.05, 0.1) is 12.9 Å². The molecule has 0 radical (unpaired) electrons. The summed E-state index contributed by atoms with van der Waals surface area (Å²) in [5, 5.41) is 0. The van der Waals surface area contributed by atoms with Crippen LogP contribution < -0.4 is 0 Å². The van der Waals surface area contributed by atoms with Crippen LogP contribution in [0.4, 0.5) is 0 Å². The standard InChI is InChI=1S/C20H32O/c1-19-10-4-5-17(19)16-7-6-14-13-15(21-3)8-12-20(14,2)18(16)9-11-19/h8,14,16-18H,4-7,9-13H2,1-3H3.